The Hall–Kier alpha value is -5.32. The minimum absolute atomic E-state index is 0.508. The smallest absolute Gasteiger partial charge is 0.197 e. The fraction of sp³-hybridized carbons (Fsp3) is 0.0952. The van der Waals surface area contributed by atoms with Crippen molar-refractivity contribution >= 4 is 59.0 Å². The van der Waals surface area contributed by atoms with Gasteiger partial charge in [-0.1, -0.05) is 86.0 Å². The lowest BCUT2D eigenvalue weighted by Crippen LogP contribution is -2.25. The largest absolute Gasteiger partial charge is 0.441 e. The molecule has 0 N–H and O–H groups in total. The summed E-state index contributed by atoms with van der Waals surface area (Å²) in [7, 11) is 0. The predicted octanol–water partition coefficient (Wildman–Crippen LogP) is 12.3. The molecule has 3 heterocycles. The number of anilines is 1. The first-order valence-corrected chi connectivity index (χ1v) is 16.3. The van der Waals surface area contributed by atoms with Crippen LogP contribution in [0.25, 0.3) is 47.7 Å². The van der Waals surface area contributed by atoms with Crippen molar-refractivity contribution in [2.75, 3.05) is 4.90 Å². The van der Waals surface area contributed by atoms with Gasteiger partial charge in [-0.25, -0.2) is 0 Å². The summed E-state index contributed by atoms with van der Waals surface area (Å²) in [6.07, 6.45) is 10.5. The van der Waals surface area contributed by atoms with Crippen molar-refractivity contribution in [1.29, 1.82) is 0 Å². The standard InChI is InChI=1S/C42H36N2OS/c1-7-10-16-27(4)36-25-30(8-2)39(9-3)45-29(6)43(28(36)5)31-17-15-18-32(26-31)44-37-21-13-11-20-35(37)41-38(44)24-23-34-33-19-12-14-22-40(33)46-42(34)41/h7-24,26H,2-3,6,25H2,1,4-5H3/b10-7-,27-16-,36-28+,39-30-. The van der Waals surface area contributed by atoms with Crippen molar-refractivity contribution < 1.29 is 4.74 Å². The molecule has 226 valence electrons. The molecule has 1 aliphatic rings. The van der Waals surface area contributed by atoms with Gasteiger partial charge >= 0.3 is 0 Å². The summed E-state index contributed by atoms with van der Waals surface area (Å²) < 4.78 is 11.4. The average Bonchev–Trinajstić information content (AvgIpc) is 3.62. The van der Waals surface area contributed by atoms with Crippen LogP contribution < -0.4 is 4.90 Å². The van der Waals surface area contributed by atoms with Gasteiger partial charge in [0, 0.05) is 48.7 Å². The monoisotopic (exact) mass is 616 g/mol. The third-order valence-electron chi connectivity index (χ3n) is 8.91. The van der Waals surface area contributed by atoms with Crippen molar-refractivity contribution in [2.45, 2.75) is 27.2 Å². The van der Waals surface area contributed by atoms with E-state index >= 15 is 0 Å². The summed E-state index contributed by atoms with van der Waals surface area (Å²) in [5.41, 5.74) is 8.78. The molecule has 1 aliphatic heterocycles. The van der Waals surface area contributed by atoms with Crippen molar-refractivity contribution in [1.82, 2.24) is 4.57 Å². The van der Waals surface area contributed by atoms with Crippen LogP contribution in [0.2, 0.25) is 0 Å². The van der Waals surface area contributed by atoms with E-state index in [1.54, 1.807) is 6.08 Å². The number of aromatic nitrogens is 1. The zero-order chi connectivity index (χ0) is 31.9. The molecule has 0 atom stereocenters. The number of benzene rings is 4. The molecule has 0 bridgehead atoms. The van der Waals surface area contributed by atoms with Gasteiger partial charge in [-0.2, -0.15) is 0 Å². The normalized spacial score (nSPS) is 18.1. The number of para-hydroxylation sites is 1. The number of ether oxygens (including phenoxy) is 1. The van der Waals surface area contributed by atoms with Crippen LogP contribution >= 0.6 is 11.3 Å². The van der Waals surface area contributed by atoms with E-state index in [9.17, 15) is 0 Å². The molecule has 46 heavy (non-hydrogen) atoms. The molecule has 0 radical (unpaired) electrons. The van der Waals surface area contributed by atoms with Crippen LogP contribution in [0.1, 0.15) is 27.2 Å². The second-order valence-corrected chi connectivity index (χ2v) is 12.6. The Morgan fingerprint density at radius 2 is 1.61 bits per heavy atom. The van der Waals surface area contributed by atoms with Crippen molar-refractivity contribution in [3.8, 4) is 5.69 Å². The van der Waals surface area contributed by atoms with Crippen molar-refractivity contribution in [3.63, 3.8) is 0 Å². The second kappa shape index (κ2) is 11.9. The Balaban J connectivity index is 1.45. The number of allylic oxidation sites excluding steroid dienone is 9. The first-order valence-electron chi connectivity index (χ1n) is 15.5. The Morgan fingerprint density at radius 1 is 0.848 bits per heavy atom. The van der Waals surface area contributed by atoms with Crippen LogP contribution in [-0.4, -0.2) is 4.57 Å². The van der Waals surface area contributed by atoms with E-state index in [2.05, 4.69) is 140 Å². The summed E-state index contributed by atoms with van der Waals surface area (Å²) in [5, 5.41) is 5.15. The maximum absolute atomic E-state index is 6.39. The van der Waals surface area contributed by atoms with E-state index < -0.39 is 0 Å². The lowest BCUT2D eigenvalue weighted by molar-refractivity contribution is 0.307. The van der Waals surface area contributed by atoms with E-state index in [1.807, 2.05) is 30.4 Å². The van der Waals surface area contributed by atoms with E-state index in [1.165, 1.54) is 53.1 Å². The first kappa shape index (κ1) is 29.4. The molecule has 7 rings (SSSR count). The molecule has 0 amide bonds. The first-order chi connectivity index (χ1) is 22.4. The number of nitrogens with zero attached hydrogens (tertiary/aromatic N) is 2. The summed E-state index contributed by atoms with van der Waals surface area (Å²) in [6.45, 7) is 18.8. The molecule has 4 aromatic carbocycles. The molecule has 3 nitrogen and oxygen atoms in total. The molecule has 2 aromatic heterocycles. The fourth-order valence-electron chi connectivity index (χ4n) is 6.70. The number of rotatable bonds is 6. The maximum atomic E-state index is 6.39. The Morgan fingerprint density at radius 3 is 2.39 bits per heavy atom. The highest BCUT2D eigenvalue weighted by Crippen LogP contribution is 2.44. The van der Waals surface area contributed by atoms with Crippen LogP contribution in [0.15, 0.2) is 169 Å². The van der Waals surface area contributed by atoms with E-state index in [0.717, 1.165) is 22.6 Å². The maximum Gasteiger partial charge on any atom is 0.197 e. The topological polar surface area (TPSA) is 17.4 Å². The second-order valence-electron chi connectivity index (χ2n) is 11.6. The van der Waals surface area contributed by atoms with E-state index in [0.29, 0.717) is 18.1 Å². The highest BCUT2D eigenvalue weighted by atomic mass is 32.1. The molecule has 0 unspecified atom stereocenters. The lowest BCUT2D eigenvalue weighted by Gasteiger charge is -2.32. The third kappa shape index (κ3) is 4.74. The number of thiophene rings is 1. The highest BCUT2D eigenvalue weighted by Gasteiger charge is 2.24. The van der Waals surface area contributed by atoms with Gasteiger partial charge in [0.05, 0.1) is 16.7 Å². The van der Waals surface area contributed by atoms with E-state index in [-0.39, 0.29) is 0 Å². The Labute approximate surface area is 274 Å². The summed E-state index contributed by atoms with van der Waals surface area (Å²) in [4.78, 5) is 2.12. The SMILES string of the molecule is C=C/C1=C(\C=C)OC(=C)N(c2cccc(-n3c4ccccc4c4c5sc6ccccc6c5ccc43)c2)/C(C)=C(/C(C)=C\C=C/C)C1. The zero-order valence-electron chi connectivity index (χ0n) is 26.5. The Kier molecular flexibility index (Phi) is 7.59. The van der Waals surface area contributed by atoms with Crippen LogP contribution in [0.4, 0.5) is 5.69 Å². The van der Waals surface area contributed by atoms with Crippen molar-refractivity contribution in [2.24, 2.45) is 0 Å². The predicted molar refractivity (Wildman–Crippen MR) is 200 cm³/mol. The number of hydrogen-bond donors (Lipinski definition) is 0. The molecule has 0 spiro atoms. The number of hydrogen-bond acceptors (Lipinski definition) is 3. The van der Waals surface area contributed by atoms with Crippen LogP contribution in [0.3, 0.4) is 0 Å². The van der Waals surface area contributed by atoms with Crippen LogP contribution in [0, 0.1) is 0 Å². The van der Waals surface area contributed by atoms with Crippen LogP contribution in [0.5, 0.6) is 0 Å². The third-order valence-corrected chi connectivity index (χ3v) is 10.1. The molecule has 4 heteroatoms. The molecule has 6 aromatic rings. The van der Waals surface area contributed by atoms with Gasteiger partial charge < -0.3 is 9.30 Å². The molecule has 0 fully saturated rings. The quantitative estimate of drug-likeness (QED) is 0.173. The van der Waals surface area contributed by atoms with Gasteiger partial charge in [0.15, 0.2) is 5.88 Å². The van der Waals surface area contributed by atoms with Gasteiger partial charge in [-0.15, -0.1) is 11.3 Å². The van der Waals surface area contributed by atoms with Gasteiger partial charge in [0.25, 0.3) is 0 Å². The lowest BCUT2D eigenvalue weighted by atomic mass is 9.94. The van der Waals surface area contributed by atoms with Crippen LogP contribution in [-0.2, 0) is 4.74 Å². The van der Waals surface area contributed by atoms with Crippen molar-refractivity contribution in [3.05, 3.63) is 169 Å². The van der Waals surface area contributed by atoms with Gasteiger partial charge in [-0.3, -0.25) is 4.90 Å². The summed E-state index contributed by atoms with van der Waals surface area (Å²) in [5.74, 6) is 1.17. The van der Waals surface area contributed by atoms with E-state index in [4.69, 9.17) is 4.74 Å². The highest BCUT2D eigenvalue weighted by molar-refractivity contribution is 7.26. The molecule has 0 saturated carbocycles. The van der Waals surface area contributed by atoms with Gasteiger partial charge in [-0.05, 0) is 86.5 Å². The summed E-state index contributed by atoms with van der Waals surface area (Å²) in [6, 6.07) is 30.6. The zero-order valence-corrected chi connectivity index (χ0v) is 27.3. The summed E-state index contributed by atoms with van der Waals surface area (Å²) >= 11 is 1.87. The minimum atomic E-state index is 0.508. The van der Waals surface area contributed by atoms with Gasteiger partial charge in [0.2, 0.25) is 0 Å². The minimum Gasteiger partial charge on any atom is -0.441 e. The average molecular weight is 617 g/mol. The fourth-order valence-corrected chi connectivity index (χ4v) is 7.96. The number of fused-ring (bicyclic) bond motifs is 7. The molecule has 0 aliphatic carbocycles. The molecular formula is C42H36N2OS. The molecular weight excluding hydrogens is 581 g/mol. The Bertz CT molecular complexity index is 2350. The molecule has 0 saturated heterocycles. The van der Waals surface area contributed by atoms with Gasteiger partial charge in [0.1, 0.15) is 5.76 Å².